The number of rotatable bonds is 2. The number of hydrogen-bond acceptors (Lipinski definition) is 4. The summed E-state index contributed by atoms with van der Waals surface area (Å²) >= 11 is 7.18. The summed E-state index contributed by atoms with van der Waals surface area (Å²) in [4.78, 5) is 30.7. The number of nitrogens with zero attached hydrogens (tertiary/aromatic N) is 2. The van der Waals surface area contributed by atoms with Crippen molar-refractivity contribution in [3.8, 4) is 0 Å². The van der Waals surface area contributed by atoms with Gasteiger partial charge in [-0.3, -0.25) is 14.5 Å². The zero-order valence-electron chi connectivity index (χ0n) is 10.7. The van der Waals surface area contributed by atoms with E-state index in [9.17, 15) is 9.59 Å². The minimum atomic E-state index is -0.137. The summed E-state index contributed by atoms with van der Waals surface area (Å²) in [6, 6.07) is 0. The van der Waals surface area contributed by atoms with E-state index in [1.807, 2.05) is 0 Å². The molecule has 1 saturated carbocycles. The molecule has 0 radical (unpaired) electrons. The lowest BCUT2D eigenvalue weighted by Gasteiger charge is -2.38. The maximum atomic E-state index is 12.6. The van der Waals surface area contributed by atoms with Gasteiger partial charge in [0.1, 0.15) is 9.34 Å². The molecule has 5 rings (SSSR count). The van der Waals surface area contributed by atoms with Crippen molar-refractivity contribution in [3.05, 3.63) is 27.7 Å². The molecule has 0 spiro atoms. The van der Waals surface area contributed by atoms with Crippen LogP contribution >= 0.6 is 22.9 Å². The fraction of sp³-hybridized carbons (Fsp3) is 0.500. The number of aromatic nitrogens is 1. The van der Waals surface area contributed by atoms with Crippen LogP contribution in [0.4, 0.5) is 0 Å². The molecule has 2 amide bonds. The first-order valence-electron chi connectivity index (χ1n) is 6.79. The molecule has 2 fully saturated rings. The van der Waals surface area contributed by atoms with E-state index >= 15 is 0 Å². The van der Waals surface area contributed by atoms with Gasteiger partial charge in [-0.2, -0.15) is 0 Å². The van der Waals surface area contributed by atoms with Crippen molar-refractivity contribution in [1.29, 1.82) is 0 Å². The molecule has 1 aliphatic heterocycles. The third-order valence-electron chi connectivity index (χ3n) is 4.67. The quantitative estimate of drug-likeness (QED) is 0.623. The zero-order chi connectivity index (χ0) is 13.9. The van der Waals surface area contributed by atoms with Gasteiger partial charge in [-0.05, 0) is 24.7 Å². The smallest absolute Gasteiger partial charge is 0.234 e. The van der Waals surface area contributed by atoms with E-state index in [1.165, 1.54) is 16.2 Å². The fourth-order valence-electron chi connectivity index (χ4n) is 3.79. The summed E-state index contributed by atoms with van der Waals surface area (Å²) in [6.07, 6.45) is 7.87. The molecular weight excluding hydrogens is 296 g/mol. The molecule has 20 heavy (non-hydrogen) atoms. The molecule has 1 saturated heterocycles. The maximum absolute atomic E-state index is 12.6. The number of amides is 2. The van der Waals surface area contributed by atoms with E-state index in [4.69, 9.17) is 11.6 Å². The third-order valence-corrected chi connectivity index (χ3v) is 5.77. The topological polar surface area (TPSA) is 50.3 Å². The molecule has 4 unspecified atom stereocenters. The van der Waals surface area contributed by atoms with Crippen molar-refractivity contribution >= 4 is 34.8 Å². The number of hydrogen-bond donors (Lipinski definition) is 0. The fourth-order valence-corrected chi connectivity index (χ4v) is 4.73. The summed E-state index contributed by atoms with van der Waals surface area (Å²) in [5.41, 5.74) is 0. The average Bonchev–Trinajstić information content (AvgIpc) is 2.99. The van der Waals surface area contributed by atoms with Crippen LogP contribution in [0.3, 0.4) is 0 Å². The number of halogens is 1. The normalized spacial score (nSPS) is 35.0. The summed E-state index contributed by atoms with van der Waals surface area (Å²) < 4.78 is 0.582. The van der Waals surface area contributed by atoms with Gasteiger partial charge < -0.3 is 0 Å². The van der Waals surface area contributed by atoms with E-state index in [2.05, 4.69) is 17.1 Å². The van der Waals surface area contributed by atoms with Crippen molar-refractivity contribution in [2.45, 2.75) is 19.4 Å². The highest BCUT2D eigenvalue weighted by Crippen LogP contribution is 2.49. The molecular formula is C14H13ClN2O2S. The van der Waals surface area contributed by atoms with E-state index in [0.717, 1.165) is 17.8 Å². The molecule has 2 heterocycles. The van der Waals surface area contributed by atoms with Crippen LogP contribution in [-0.4, -0.2) is 21.7 Å². The molecule has 4 aliphatic rings. The number of carbonyl (C=O) groups excluding carboxylic acids is 2. The molecule has 0 aromatic carbocycles. The highest BCUT2D eigenvalue weighted by molar-refractivity contribution is 7.15. The molecule has 6 heteroatoms. The molecule has 3 aliphatic carbocycles. The lowest BCUT2D eigenvalue weighted by atomic mass is 9.63. The van der Waals surface area contributed by atoms with Gasteiger partial charge in [0.2, 0.25) is 11.8 Å². The van der Waals surface area contributed by atoms with Crippen molar-refractivity contribution in [3.63, 3.8) is 0 Å². The number of allylic oxidation sites excluding steroid dienone is 2. The van der Waals surface area contributed by atoms with Crippen LogP contribution in [0, 0.1) is 23.7 Å². The number of fused-ring (bicyclic) bond motifs is 1. The highest BCUT2D eigenvalue weighted by atomic mass is 35.5. The van der Waals surface area contributed by atoms with Gasteiger partial charge >= 0.3 is 0 Å². The van der Waals surface area contributed by atoms with Crippen LogP contribution in [0.25, 0.3) is 0 Å². The van der Waals surface area contributed by atoms with Crippen LogP contribution in [0.5, 0.6) is 0 Å². The maximum Gasteiger partial charge on any atom is 0.234 e. The number of thiazole rings is 1. The van der Waals surface area contributed by atoms with Gasteiger partial charge in [0, 0.05) is 0 Å². The molecule has 4 atom stereocenters. The second kappa shape index (κ2) is 4.40. The van der Waals surface area contributed by atoms with Crippen molar-refractivity contribution in [2.75, 3.05) is 0 Å². The highest BCUT2D eigenvalue weighted by Gasteiger charge is 2.56. The van der Waals surface area contributed by atoms with Crippen LogP contribution in [-0.2, 0) is 16.1 Å². The Morgan fingerprint density at radius 2 is 1.80 bits per heavy atom. The molecule has 1 aromatic rings. The number of imide groups is 1. The van der Waals surface area contributed by atoms with E-state index in [1.54, 1.807) is 6.20 Å². The Morgan fingerprint density at radius 1 is 1.20 bits per heavy atom. The molecule has 1 aromatic heterocycles. The minimum absolute atomic E-state index is 0.0228. The number of likely N-dealkylation sites (tertiary alicyclic amines) is 1. The first-order valence-corrected chi connectivity index (χ1v) is 7.98. The second-order valence-electron chi connectivity index (χ2n) is 5.66. The van der Waals surface area contributed by atoms with Gasteiger partial charge in [0.25, 0.3) is 0 Å². The second-order valence-corrected chi connectivity index (χ2v) is 7.41. The van der Waals surface area contributed by atoms with Crippen molar-refractivity contribution < 1.29 is 9.59 Å². The Kier molecular flexibility index (Phi) is 2.76. The Labute approximate surface area is 125 Å². The summed E-state index contributed by atoms with van der Waals surface area (Å²) in [7, 11) is 0. The zero-order valence-corrected chi connectivity index (χ0v) is 12.2. The Morgan fingerprint density at radius 3 is 2.25 bits per heavy atom. The third kappa shape index (κ3) is 1.69. The van der Waals surface area contributed by atoms with Crippen molar-refractivity contribution in [2.24, 2.45) is 23.7 Å². The molecule has 2 bridgehead atoms. The molecule has 4 nitrogen and oxygen atoms in total. The van der Waals surface area contributed by atoms with Crippen LogP contribution < -0.4 is 0 Å². The predicted molar refractivity (Wildman–Crippen MR) is 75.0 cm³/mol. The van der Waals surface area contributed by atoms with Crippen LogP contribution in [0.2, 0.25) is 4.34 Å². The van der Waals surface area contributed by atoms with E-state index < -0.39 is 0 Å². The van der Waals surface area contributed by atoms with E-state index in [-0.39, 0.29) is 42.0 Å². The monoisotopic (exact) mass is 308 g/mol. The Bertz CT molecular complexity index is 594. The summed E-state index contributed by atoms with van der Waals surface area (Å²) in [6.45, 7) is 0.265. The van der Waals surface area contributed by atoms with Gasteiger partial charge in [0.15, 0.2) is 0 Å². The van der Waals surface area contributed by atoms with Crippen LogP contribution in [0.15, 0.2) is 18.3 Å². The molecule has 104 valence electrons. The van der Waals surface area contributed by atoms with Gasteiger partial charge in [0.05, 0.1) is 24.6 Å². The molecule has 0 N–H and O–H groups in total. The lowest BCUT2D eigenvalue weighted by molar-refractivity contribution is -0.140. The number of carbonyl (C=O) groups is 2. The standard InChI is InChI=1S/C14H13ClN2O2S/c15-9-5-16-10(20-9)6-17-13(18)11-7-1-2-8(4-3-7)12(11)14(17)19/h1-2,5,7-8,11-12H,3-4,6H2. The lowest BCUT2D eigenvalue weighted by Crippen LogP contribution is -2.38. The van der Waals surface area contributed by atoms with Gasteiger partial charge in [-0.1, -0.05) is 23.8 Å². The van der Waals surface area contributed by atoms with Crippen molar-refractivity contribution in [1.82, 2.24) is 9.88 Å². The predicted octanol–water partition coefficient (Wildman–Crippen LogP) is 2.49. The largest absolute Gasteiger partial charge is 0.275 e. The average molecular weight is 309 g/mol. The van der Waals surface area contributed by atoms with Gasteiger partial charge in [-0.15, -0.1) is 11.3 Å². The minimum Gasteiger partial charge on any atom is -0.275 e. The van der Waals surface area contributed by atoms with E-state index in [0.29, 0.717) is 4.34 Å². The first kappa shape index (κ1) is 12.5. The SMILES string of the molecule is O=C1C2C3C=CC(CC3)C2C(=O)N1Cc1ncc(Cl)s1. The van der Waals surface area contributed by atoms with Crippen LogP contribution in [0.1, 0.15) is 17.8 Å². The summed E-state index contributed by atoms with van der Waals surface area (Å²) in [5.74, 6) is 0.164. The summed E-state index contributed by atoms with van der Waals surface area (Å²) in [5, 5.41) is 0.718. The first-order chi connectivity index (χ1) is 9.65. The Balaban J connectivity index is 1.63. The Hall–Kier alpha value is -1.20. The van der Waals surface area contributed by atoms with Gasteiger partial charge in [-0.25, -0.2) is 4.98 Å².